The number of aromatic nitrogens is 2. The van der Waals surface area contributed by atoms with Crippen molar-refractivity contribution in [1.29, 1.82) is 0 Å². The highest BCUT2D eigenvalue weighted by atomic mass is 16.5. The molecule has 1 saturated heterocycles. The van der Waals surface area contributed by atoms with Gasteiger partial charge in [-0.2, -0.15) is 5.10 Å². The predicted octanol–water partition coefficient (Wildman–Crippen LogP) is 2.57. The fourth-order valence-electron chi connectivity index (χ4n) is 4.21. The Morgan fingerprint density at radius 1 is 1.26 bits per heavy atom. The second kappa shape index (κ2) is 8.75. The molecule has 4 rings (SSSR count). The zero-order valence-electron chi connectivity index (χ0n) is 17.7. The van der Waals surface area contributed by atoms with Gasteiger partial charge in [0.05, 0.1) is 19.7 Å². The molecule has 8 heteroatoms. The van der Waals surface area contributed by atoms with Crippen LogP contribution < -0.4 is 4.90 Å². The highest BCUT2D eigenvalue weighted by Gasteiger charge is 2.31. The van der Waals surface area contributed by atoms with Crippen LogP contribution in [0, 0.1) is 0 Å². The minimum absolute atomic E-state index is 0.0842. The molecule has 0 aliphatic carbocycles. The molecule has 0 atom stereocenters. The van der Waals surface area contributed by atoms with Gasteiger partial charge in [-0.3, -0.25) is 14.3 Å². The van der Waals surface area contributed by atoms with Gasteiger partial charge in [0.15, 0.2) is 5.69 Å². The Bertz CT molecular complexity index is 1040. The first-order chi connectivity index (χ1) is 15.0. The largest absolute Gasteiger partial charge is 0.461 e. The summed E-state index contributed by atoms with van der Waals surface area (Å²) < 4.78 is 6.93. The van der Waals surface area contributed by atoms with Crippen molar-refractivity contribution in [3.8, 4) is 0 Å². The molecule has 1 fully saturated rings. The number of hydrogen-bond donors (Lipinski definition) is 0. The molecule has 0 radical (unpaired) electrons. The molecule has 2 aliphatic heterocycles. The van der Waals surface area contributed by atoms with Gasteiger partial charge in [0.1, 0.15) is 0 Å². The van der Waals surface area contributed by atoms with Crippen molar-refractivity contribution in [3.05, 3.63) is 59.4 Å². The fourth-order valence-corrected chi connectivity index (χ4v) is 4.21. The number of ether oxygens (including phenoxy) is 1. The van der Waals surface area contributed by atoms with E-state index in [1.165, 1.54) is 0 Å². The molecule has 8 nitrogen and oxygen atoms in total. The highest BCUT2D eigenvalue weighted by Crippen LogP contribution is 2.27. The molecule has 2 aromatic rings. The standard InChI is InChI=1S/C23H26N4O4/c1-3-11-27-19-10-13-25(15-18(19)21(24-27)23(30)31-4-2)22(29)16-7-5-8-17(14-16)26-12-6-9-20(26)28/h3,5,7-8,14H,1,4,6,9-13,15H2,2H3. The van der Waals surface area contributed by atoms with Gasteiger partial charge >= 0.3 is 5.97 Å². The number of allylic oxidation sites excluding steroid dienone is 1. The summed E-state index contributed by atoms with van der Waals surface area (Å²) in [6.45, 7) is 7.73. The van der Waals surface area contributed by atoms with E-state index in [1.54, 1.807) is 45.7 Å². The van der Waals surface area contributed by atoms with Crippen LogP contribution in [0.1, 0.15) is 51.9 Å². The number of rotatable bonds is 6. The number of carbonyl (C=O) groups is 3. The fraction of sp³-hybridized carbons (Fsp3) is 0.391. The Kier molecular flexibility index (Phi) is 5.88. The Balaban J connectivity index is 1.60. The van der Waals surface area contributed by atoms with Gasteiger partial charge < -0.3 is 14.5 Å². The van der Waals surface area contributed by atoms with E-state index in [2.05, 4.69) is 11.7 Å². The third kappa shape index (κ3) is 3.97. The molecule has 0 spiro atoms. The second-order valence-corrected chi connectivity index (χ2v) is 7.64. The van der Waals surface area contributed by atoms with E-state index in [-0.39, 0.29) is 30.7 Å². The van der Waals surface area contributed by atoms with Crippen molar-refractivity contribution in [2.24, 2.45) is 0 Å². The van der Waals surface area contributed by atoms with E-state index in [0.29, 0.717) is 38.0 Å². The van der Waals surface area contributed by atoms with E-state index in [1.807, 2.05) is 6.07 Å². The number of esters is 1. The summed E-state index contributed by atoms with van der Waals surface area (Å²) in [5.74, 6) is -0.531. The first kappa shape index (κ1) is 20.8. The van der Waals surface area contributed by atoms with E-state index in [0.717, 1.165) is 23.4 Å². The number of fused-ring (bicyclic) bond motifs is 1. The number of carbonyl (C=O) groups excluding carboxylic acids is 3. The van der Waals surface area contributed by atoms with Crippen LogP contribution in [0.15, 0.2) is 36.9 Å². The third-order valence-electron chi connectivity index (χ3n) is 5.67. The van der Waals surface area contributed by atoms with Gasteiger partial charge in [0.2, 0.25) is 5.91 Å². The quantitative estimate of drug-likeness (QED) is 0.528. The van der Waals surface area contributed by atoms with Crippen LogP contribution >= 0.6 is 0 Å². The monoisotopic (exact) mass is 422 g/mol. The lowest BCUT2D eigenvalue weighted by atomic mass is 10.0. The summed E-state index contributed by atoms with van der Waals surface area (Å²) in [5, 5.41) is 4.43. The minimum Gasteiger partial charge on any atom is -0.461 e. The molecular formula is C23H26N4O4. The molecule has 162 valence electrons. The van der Waals surface area contributed by atoms with Crippen LogP contribution in [0.4, 0.5) is 5.69 Å². The summed E-state index contributed by atoms with van der Waals surface area (Å²) in [4.78, 5) is 41.2. The summed E-state index contributed by atoms with van der Waals surface area (Å²) in [7, 11) is 0. The zero-order valence-corrected chi connectivity index (χ0v) is 17.7. The molecule has 0 saturated carbocycles. The van der Waals surface area contributed by atoms with Crippen molar-refractivity contribution < 1.29 is 19.1 Å². The van der Waals surface area contributed by atoms with Crippen molar-refractivity contribution in [2.45, 2.75) is 39.3 Å². The summed E-state index contributed by atoms with van der Waals surface area (Å²) in [6, 6.07) is 7.19. The van der Waals surface area contributed by atoms with Crippen LogP contribution in [0.25, 0.3) is 0 Å². The number of amides is 2. The molecule has 0 unspecified atom stereocenters. The molecular weight excluding hydrogens is 396 g/mol. The smallest absolute Gasteiger partial charge is 0.359 e. The number of nitrogens with zero attached hydrogens (tertiary/aromatic N) is 4. The summed E-state index contributed by atoms with van der Waals surface area (Å²) in [6.07, 6.45) is 3.69. The maximum atomic E-state index is 13.3. The van der Waals surface area contributed by atoms with Crippen LogP contribution in [0.2, 0.25) is 0 Å². The Hall–Kier alpha value is -3.42. The Morgan fingerprint density at radius 3 is 2.81 bits per heavy atom. The van der Waals surface area contributed by atoms with E-state index in [4.69, 9.17) is 4.74 Å². The van der Waals surface area contributed by atoms with Crippen molar-refractivity contribution in [1.82, 2.24) is 14.7 Å². The first-order valence-electron chi connectivity index (χ1n) is 10.6. The van der Waals surface area contributed by atoms with Crippen molar-refractivity contribution in [3.63, 3.8) is 0 Å². The topological polar surface area (TPSA) is 84.7 Å². The molecule has 3 heterocycles. The normalized spacial score (nSPS) is 15.7. The van der Waals surface area contributed by atoms with E-state index >= 15 is 0 Å². The number of anilines is 1. The van der Waals surface area contributed by atoms with Crippen molar-refractivity contribution in [2.75, 3.05) is 24.6 Å². The second-order valence-electron chi connectivity index (χ2n) is 7.64. The van der Waals surface area contributed by atoms with Gasteiger partial charge in [0, 0.05) is 48.4 Å². The van der Waals surface area contributed by atoms with Gasteiger partial charge in [-0.25, -0.2) is 4.79 Å². The van der Waals surface area contributed by atoms with Crippen molar-refractivity contribution >= 4 is 23.5 Å². The SMILES string of the molecule is C=CCn1nc(C(=O)OCC)c2c1CCN(C(=O)c1cccc(N3CCCC3=O)c1)C2. The molecule has 2 aliphatic rings. The molecule has 2 amide bonds. The van der Waals surface area contributed by atoms with Gasteiger partial charge in [-0.1, -0.05) is 12.1 Å². The van der Waals surface area contributed by atoms with Crippen LogP contribution in [-0.4, -0.2) is 52.2 Å². The summed E-state index contributed by atoms with van der Waals surface area (Å²) in [5.41, 5.74) is 3.19. The van der Waals surface area contributed by atoms with E-state index < -0.39 is 5.97 Å². The Morgan fingerprint density at radius 2 is 2.10 bits per heavy atom. The van der Waals surface area contributed by atoms with Crippen LogP contribution in [-0.2, 0) is 29.0 Å². The average molecular weight is 422 g/mol. The highest BCUT2D eigenvalue weighted by molar-refractivity contribution is 5.99. The van der Waals surface area contributed by atoms with Gasteiger partial charge in [-0.15, -0.1) is 6.58 Å². The Labute approximate surface area is 181 Å². The number of benzene rings is 1. The van der Waals surface area contributed by atoms with Crippen LogP contribution in [0.3, 0.4) is 0 Å². The third-order valence-corrected chi connectivity index (χ3v) is 5.67. The maximum absolute atomic E-state index is 13.3. The minimum atomic E-state index is -0.481. The molecule has 1 aromatic carbocycles. The maximum Gasteiger partial charge on any atom is 0.359 e. The molecule has 0 bridgehead atoms. The van der Waals surface area contributed by atoms with E-state index in [9.17, 15) is 14.4 Å². The predicted molar refractivity (Wildman–Crippen MR) is 115 cm³/mol. The zero-order chi connectivity index (χ0) is 22.0. The lowest BCUT2D eigenvalue weighted by Gasteiger charge is -2.28. The summed E-state index contributed by atoms with van der Waals surface area (Å²) >= 11 is 0. The average Bonchev–Trinajstić information content (AvgIpc) is 3.37. The molecule has 0 N–H and O–H groups in total. The molecule has 31 heavy (non-hydrogen) atoms. The number of hydrogen-bond acceptors (Lipinski definition) is 5. The molecule has 1 aromatic heterocycles. The van der Waals surface area contributed by atoms with Gasteiger partial charge in [0.25, 0.3) is 5.91 Å². The lowest BCUT2D eigenvalue weighted by Crippen LogP contribution is -2.37. The lowest BCUT2D eigenvalue weighted by molar-refractivity contribution is -0.117. The van der Waals surface area contributed by atoms with Gasteiger partial charge in [-0.05, 0) is 31.5 Å². The first-order valence-corrected chi connectivity index (χ1v) is 10.6. The van der Waals surface area contributed by atoms with Crippen LogP contribution in [0.5, 0.6) is 0 Å².